The number of rotatable bonds is 4. The van der Waals surface area contributed by atoms with Gasteiger partial charge in [-0.25, -0.2) is 4.79 Å². The summed E-state index contributed by atoms with van der Waals surface area (Å²) in [7, 11) is 1.48. The minimum Gasteiger partial charge on any atom is -0.341 e. The molecule has 1 aromatic rings. The molecular formula is C13H18N2O2S. The molecule has 0 bridgehead atoms. The van der Waals surface area contributed by atoms with E-state index in [1.54, 1.807) is 11.8 Å². The average molecular weight is 266 g/mol. The molecule has 0 heterocycles. The van der Waals surface area contributed by atoms with Gasteiger partial charge in [0.15, 0.2) is 0 Å². The quantitative estimate of drug-likeness (QED) is 0.822. The van der Waals surface area contributed by atoms with E-state index >= 15 is 0 Å². The molecule has 0 spiro atoms. The molecular weight excluding hydrogens is 248 g/mol. The van der Waals surface area contributed by atoms with Crippen molar-refractivity contribution in [2.75, 3.05) is 12.8 Å². The lowest BCUT2D eigenvalue weighted by atomic mass is 10.2. The maximum Gasteiger partial charge on any atom is 0.321 e. The highest BCUT2D eigenvalue weighted by molar-refractivity contribution is 7.99. The van der Waals surface area contributed by atoms with Crippen molar-refractivity contribution in [3.8, 4) is 0 Å². The van der Waals surface area contributed by atoms with Gasteiger partial charge in [0.2, 0.25) is 5.91 Å². The molecule has 0 saturated heterocycles. The minimum absolute atomic E-state index is 0.258. The second kappa shape index (κ2) is 7.06. The Morgan fingerprint density at radius 1 is 1.28 bits per heavy atom. The number of nitrogens with one attached hydrogen (secondary N) is 2. The minimum atomic E-state index is -0.462. The molecule has 0 fully saturated rings. The molecule has 1 aromatic carbocycles. The van der Waals surface area contributed by atoms with Crippen LogP contribution in [0.25, 0.3) is 0 Å². The topological polar surface area (TPSA) is 58.2 Å². The van der Waals surface area contributed by atoms with Crippen LogP contribution < -0.4 is 10.6 Å². The first-order chi connectivity index (χ1) is 8.52. The fraction of sp³-hybridized carbons (Fsp3) is 0.385. The molecule has 3 amide bonds. The Kier molecular flexibility index (Phi) is 5.71. The zero-order valence-corrected chi connectivity index (χ0v) is 11.7. The molecule has 2 N–H and O–H groups in total. The number of benzene rings is 1. The fourth-order valence-corrected chi connectivity index (χ4v) is 2.42. The predicted molar refractivity (Wildman–Crippen MR) is 73.9 cm³/mol. The number of hydrogen-bond donors (Lipinski definition) is 2. The van der Waals surface area contributed by atoms with Gasteiger partial charge in [-0.05, 0) is 25.5 Å². The third-order valence-corrected chi connectivity index (χ3v) is 3.57. The lowest BCUT2D eigenvalue weighted by molar-refractivity contribution is -0.119. The van der Waals surface area contributed by atoms with E-state index in [0.717, 1.165) is 0 Å². The largest absolute Gasteiger partial charge is 0.341 e. The average Bonchev–Trinajstić information content (AvgIpc) is 2.31. The first kappa shape index (κ1) is 14.6. The van der Waals surface area contributed by atoms with Gasteiger partial charge in [0, 0.05) is 24.1 Å². The van der Waals surface area contributed by atoms with Crippen LogP contribution in [-0.2, 0) is 4.79 Å². The number of urea groups is 1. The number of aryl methyl sites for hydroxylation is 2. The summed E-state index contributed by atoms with van der Waals surface area (Å²) in [6.07, 6.45) is 0.325. The maximum absolute atomic E-state index is 11.4. The van der Waals surface area contributed by atoms with Gasteiger partial charge in [-0.3, -0.25) is 10.1 Å². The molecule has 0 radical (unpaired) electrons. The molecule has 0 aliphatic carbocycles. The Morgan fingerprint density at radius 2 is 2.00 bits per heavy atom. The van der Waals surface area contributed by atoms with Crippen molar-refractivity contribution in [1.29, 1.82) is 0 Å². The van der Waals surface area contributed by atoms with Crippen LogP contribution in [0.5, 0.6) is 0 Å². The van der Waals surface area contributed by atoms with Crippen molar-refractivity contribution in [2.45, 2.75) is 25.2 Å². The summed E-state index contributed by atoms with van der Waals surface area (Å²) in [5.74, 6) is 0.402. The van der Waals surface area contributed by atoms with Crippen molar-refractivity contribution < 1.29 is 9.59 Å². The Hall–Kier alpha value is -1.49. The van der Waals surface area contributed by atoms with Crippen molar-refractivity contribution in [2.24, 2.45) is 0 Å². The van der Waals surface area contributed by atoms with E-state index in [9.17, 15) is 9.59 Å². The molecule has 1 rings (SSSR count). The summed E-state index contributed by atoms with van der Waals surface area (Å²) in [5.41, 5.74) is 2.45. The van der Waals surface area contributed by atoms with Gasteiger partial charge in [-0.1, -0.05) is 17.7 Å². The third kappa shape index (κ3) is 4.79. The monoisotopic (exact) mass is 266 g/mol. The van der Waals surface area contributed by atoms with Crippen molar-refractivity contribution in [1.82, 2.24) is 10.6 Å². The van der Waals surface area contributed by atoms with Crippen molar-refractivity contribution in [3.63, 3.8) is 0 Å². The van der Waals surface area contributed by atoms with Crippen LogP contribution in [0.1, 0.15) is 17.5 Å². The predicted octanol–water partition coefficient (Wildman–Crippen LogP) is 2.24. The van der Waals surface area contributed by atoms with Crippen LogP contribution in [0.3, 0.4) is 0 Å². The third-order valence-electron chi connectivity index (χ3n) is 2.40. The van der Waals surface area contributed by atoms with E-state index in [1.807, 2.05) is 0 Å². The molecule has 98 valence electrons. The SMILES string of the molecule is CNC(=O)NC(=O)CCSc1ccc(C)cc1C. The van der Waals surface area contributed by atoms with Crippen LogP contribution in [0.4, 0.5) is 4.79 Å². The summed E-state index contributed by atoms with van der Waals surface area (Å²) in [4.78, 5) is 23.4. The maximum atomic E-state index is 11.4. The Balaban J connectivity index is 2.37. The van der Waals surface area contributed by atoms with Crippen LogP contribution in [0.15, 0.2) is 23.1 Å². The lowest BCUT2D eigenvalue weighted by Gasteiger charge is -2.06. The molecule has 0 unspecified atom stereocenters. The Morgan fingerprint density at radius 3 is 2.61 bits per heavy atom. The molecule has 18 heavy (non-hydrogen) atoms. The molecule has 0 atom stereocenters. The second-order valence-corrected chi connectivity index (χ2v) is 5.13. The van der Waals surface area contributed by atoms with Crippen LogP contribution >= 0.6 is 11.8 Å². The van der Waals surface area contributed by atoms with Gasteiger partial charge in [-0.15, -0.1) is 11.8 Å². The lowest BCUT2D eigenvalue weighted by Crippen LogP contribution is -2.37. The van der Waals surface area contributed by atoms with E-state index < -0.39 is 6.03 Å². The first-order valence-electron chi connectivity index (χ1n) is 5.74. The van der Waals surface area contributed by atoms with Gasteiger partial charge in [0.05, 0.1) is 0 Å². The number of amides is 3. The fourth-order valence-electron chi connectivity index (χ4n) is 1.47. The summed E-state index contributed by atoms with van der Waals surface area (Å²) in [5, 5.41) is 4.58. The van der Waals surface area contributed by atoms with E-state index in [0.29, 0.717) is 12.2 Å². The van der Waals surface area contributed by atoms with Gasteiger partial charge >= 0.3 is 6.03 Å². The summed E-state index contributed by atoms with van der Waals surface area (Å²) in [6, 6.07) is 5.77. The Labute approximate surface area is 112 Å². The van der Waals surface area contributed by atoms with E-state index in [4.69, 9.17) is 0 Å². The van der Waals surface area contributed by atoms with Gasteiger partial charge in [0.1, 0.15) is 0 Å². The number of hydrogen-bond acceptors (Lipinski definition) is 3. The van der Waals surface area contributed by atoms with E-state index in [1.165, 1.54) is 23.1 Å². The summed E-state index contributed by atoms with van der Waals surface area (Å²) >= 11 is 1.63. The van der Waals surface area contributed by atoms with E-state index in [2.05, 4.69) is 42.7 Å². The number of carbonyl (C=O) groups excluding carboxylic acids is 2. The number of imide groups is 1. The summed E-state index contributed by atoms with van der Waals surface area (Å²) < 4.78 is 0. The van der Waals surface area contributed by atoms with Crippen molar-refractivity contribution in [3.05, 3.63) is 29.3 Å². The van der Waals surface area contributed by atoms with Crippen LogP contribution in [0.2, 0.25) is 0 Å². The molecule has 0 saturated carbocycles. The van der Waals surface area contributed by atoms with Gasteiger partial charge < -0.3 is 5.32 Å². The number of carbonyl (C=O) groups is 2. The summed E-state index contributed by atoms with van der Waals surface area (Å²) in [6.45, 7) is 4.11. The molecule has 4 nitrogen and oxygen atoms in total. The molecule has 0 aromatic heterocycles. The number of thioether (sulfide) groups is 1. The highest BCUT2D eigenvalue weighted by atomic mass is 32.2. The second-order valence-electron chi connectivity index (χ2n) is 3.99. The normalized spacial score (nSPS) is 9.94. The van der Waals surface area contributed by atoms with E-state index in [-0.39, 0.29) is 5.91 Å². The highest BCUT2D eigenvalue weighted by Crippen LogP contribution is 2.23. The smallest absolute Gasteiger partial charge is 0.321 e. The Bertz CT molecular complexity index is 447. The van der Waals surface area contributed by atoms with Gasteiger partial charge in [0.25, 0.3) is 0 Å². The zero-order valence-electron chi connectivity index (χ0n) is 10.9. The molecule has 0 aliphatic rings. The van der Waals surface area contributed by atoms with Gasteiger partial charge in [-0.2, -0.15) is 0 Å². The van der Waals surface area contributed by atoms with Crippen LogP contribution in [0, 0.1) is 13.8 Å². The zero-order chi connectivity index (χ0) is 13.5. The van der Waals surface area contributed by atoms with Crippen LogP contribution in [-0.4, -0.2) is 24.7 Å². The molecule has 0 aliphatic heterocycles. The molecule has 5 heteroatoms. The standard InChI is InChI=1S/C13H18N2O2S/c1-9-4-5-11(10(2)8-9)18-7-6-12(16)15-13(17)14-3/h4-5,8H,6-7H2,1-3H3,(H2,14,15,16,17). The first-order valence-corrected chi connectivity index (χ1v) is 6.73. The van der Waals surface area contributed by atoms with Crippen molar-refractivity contribution >= 4 is 23.7 Å². The highest BCUT2D eigenvalue weighted by Gasteiger charge is 2.06.